The van der Waals surface area contributed by atoms with E-state index in [9.17, 15) is 0 Å². The largest absolute Gasteiger partial charge is 0.313 e. The maximum Gasteiger partial charge on any atom is 0.160 e. The van der Waals surface area contributed by atoms with E-state index in [4.69, 9.17) is 4.98 Å². The Morgan fingerprint density at radius 3 is 2.76 bits per heavy atom. The predicted octanol–water partition coefficient (Wildman–Crippen LogP) is 3.86. The van der Waals surface area contributed by atoms with Gasteiger partial charge in [0.25, 0.3) is 0 Å². The topological polar surface area (TPSA) is 30.7 Å². The molecule has 0 aliphatic carbocycles. The highest BCUT2D eigenvalue weighted by Gasteiger charge is 2.13. The summed E-state index contributed by atoms with van der Waals surface area (Å²) in [5, 5.41) is 0. The Morgan fingerprint density at radius 2 is 2.12 bits per heavy atom. The van der Waals surface area contributed by atoms with Crippen molar-refractivity contribution in [2.24, 2.45) is 0 Å². The molecule has 0 radical (unpaired) electrons. The van der Waals surface area contributed by atoms with Gasteiger partial charge in [0.1, 0.15) is 11.3 Å². The van der Waals surface area contributed by atoms with Gasteiger partial charge >= 0.3 is 0 Å². The highest BCUT2D eigenvalue weighted by atomic mass is 79.9. The smallest absolute Gasteiger partial charge is 0.160 e. The lowest BCUT2D eigenvalue weighted by Gasteiger charge is -2.04. The highest BCUT2D eigenvalue weighted by molar-refractivity contribution is 9.10. The van der Waals surface area contributed by atoms with Crippen molar-refractivity contribution in [3.05, 3.63) is 22.1 Å². The molecular formula is C13H18BrN3. The lowest BCUT2D eigenvalue weighted by atomic mass is 10.2. The molecule has 17 heavy (non-hydrogen) atoms. The number of aryl methyl sites for hydroxylation is 3. The molecule has 0 bridgehead atoms. The third-order valence-corrected chi connectivity index (χ3v) is 3.90. The molecule has 0 saturated carbocycles. The van der Waals surface area contributed by atoms with E-state index in [0.717, 1.165) is 34.4 Å². The van der Waals surface area contributed by atoms with Crippen LogP contribution in [-0.2, 0) is 13.0 Å². The van der Waals surface area contributed by atoms with Crippen molar-refractivity contribution < 1.29 is 0 Å². The van der Waals surface area contributed by atoms with Gasteiger partial charge in [-0.15, -0.1) is 0 Å². The van der Waals surface area contributed by atoms with E-state index in [1.807, 2.05) is 6.20 Å². The summed E-state index contributed by atoms with van der Waals surface area (Å²) < 4.78 is 3.26. The minimum absolute atomic E-state index is 0.934. The van der Waals surface area contributed by atoms with Gasteiger partial charge in [-0.1, -0.05) is 13.3 Å². The molecule has 2 aromatic rings. The molecule has 0 spiro atoms. The molecule has 2 heterocycles. The number of pyridine rings is 1. The SMILES string of the molecule is CCCCc1nc2c(C)c(Br)cnc2n1CC. The standard InChI is InChI=1S/C13H18BrN3/c1-4-6-7-11-16-12-9(3)10(14)8-15-13(12)17(11)5-2/h8H,4-7H2,1-3H3. The number of hydrogen-bond acceptors (Lipinski definition) is 2. The van der Waals surface area contributed by atoms with E-state index in [-0.39, 0.29) is 0 Å². The van der Waals surface area contributed by atoms with Crippen LogP contribution in [0.4, 0.5) is 0 Å². The summed E-state index contributed by atoms with van der Waals surface area (Å²) in [6.07, 6.45) is 5.29. The fourth-order valence-electron chi connectivity index (χ4n) is 2.06. The number of imidazole rings is 1. The van der Waals surface area contributed by atoms with Crippen molar-refractivity contribution in [3.8, 4) is 0 Å². The number of halogens is 1. The van der Waals surface area contributed by atoms with Gasteiger partial charge in [-0.2, -0.15) is 0 Å². The van der Waals surface area contributed by atoms with Crippen LogP contribution in [0.3, 0.4) is 0 Å². The third-order valence-electron chi connectivity index (χ3n) is 3.10. The zero-order valence-corrected chi connectivity index (χ0v) is 12.2. The number of nitrogens with zero attached hydrogens (tertiary/aromatic N) is 3. The molecule has 0 unspecified atom stereocenters. The summed E-state index contributed by atoms with van der Waals surface area (Å²) in [5.41, 5.74) is 3.23. The van der Waals surface area contributed by atoms with Crippen LogP contribution in [-0.4, -0.2) is 14.5 Å². The molecule has 0 aromatic carbocycles. The second-order valence-electron chi connectivity index (χ2n) is 4.28. The van der Waals surface area contributed by atoms with E-state index in [1.165, 1.54) is 18.4 Å². The van der Waals surface area contributed by atoms with Gasteiger partial charge in [-0.25, -0.2) is 9.97 Å². The molecule has 0 fully saturated rings. The van der Waals surface area contributed by atoms with Crippen LogP contribution < -0.4 is 0 Å². The van der Waals surface area contributed by atoms with E-state index >= 15 is 0 Å². The summed E-state index contributed by atoms with van der Waals surface area (Å²) in [5.74, 6) is 1.16. The minimum Gasteiger partial charge on any atom is -0.313 e. The number of hydrogen-bond donors (Lipinski definition) is 0. The fraction of sp³-hybridized carbons (Fsp3) is 0.538. The van der Waals surface area contributed by atoms with Gasteiger partial charge in [0, 0.05) is 23.6 Å². The molecule has 0 aliphatic rings. The van der Waals surface area contributed by atoms with Crippen LogP contribution in [0.2, 0.25) is 0 Å². The number of aromatic nitrogens is 3. The van der Waals surface area contributed by atoms with Crippen molar-refractivity contribution in [2.45, 2.75) is 46.6 Å². The van der Waals surface area contributed by atoms with Crippen molar-refractivity contribution in [3.63, 3.8) is 0 Å². The second kappa shape index (κ2) is 5.17. The first-order valence-electron chi connectivity index (χ1n) is 6.19. The summed E-state index contributed by atoms with van der Waals surface area (Å²) in [4.78, 5) is 9.25. The molecule has 0 amide bonds. The maximum atomic E-state index is 4.75. The Morgan fingerprint density at radius 1 is 1.35 bits per heavy atom. The van der Waals surface area contributed by atoms with Crippen LogP contribution in [0.5, 0.6) is 0 Å². The average Bonchev–Trinajstić information content (AvgIpc) is 2.69. The zero-order valence-electron chi connectivity index (χ0n) is 10.6. The molecule has 3 nitrogen and oxygen atoms in total. The van der Waals surface area contributed by atoms with Gasteiger partial charge in [0.2, 0.25) is 0 Å². The highest BCUT2D eigenvalue weighted by Crippen LogP contribution is 2.24. The molecule has 92 valence electrons. The van der Waals surface area contributed by atoms with Gasteiger partial charge in [0.05, 0.1) is 0 Å². The molecule has 4 heteroatoms. The third kappa shape index (κ3) is 2.23. The summed E-state index contributed by atoms with van der Waals surface area (Å²) in [7, 11) is 0. The summed E-state index contributed by atoms with van der Waals surface area (Å²) in [6.45, 7) is 7.38. The van der Waals surface area contributed by atoms with Crippen molar-refractivity contribution in [2.75, 3.05) is 0 Å². The van der Waals surface area contributed by atoms with Crippen LogP contribution in [0.1, 0.15) is 38.1 Å². The Kier molecular flexibility index (Phi) is 3.82. The molecule has 0 N–H and O–H groups in total. The Labute approximate surface area is 110 Å². The summed E-state index contributed by atoms with van der Waals surface area (Å²) >= 11 is 3.51. The minimum atomic E-state index is 0.934. The summed E-state index contributed by atoms with van der Waals surface area (Å²) in [6, 6.07) is 0. The number of fused-ring (bicyclic) bond motifs is 1. The maximum absolute atomic E-state index is 4.75. The number of unbranched alkanes of at least 4 members (excludes halogenated alkanes) is 1. The van der Waals surface area contributed by atoms with Crippen LogP contribution in [0.25, 0.3) is 11.2 Å². The first kappa shape index (κ1) is 12.6. The predicted molar refractivity (Wildman–Crippen MR) is 74.3 cm³/mol. The van der Waals surface area contributed by atoms with E-state index in [2.05, 4.69) is 46.3 Å². The monoisotopic (exact) mass is 295 g/mol. The van der Waals surface area contributed by atoms with E-state index in [1.54, 1.807) is 0 Å². The van der Waals surface area contributed by atoms with Crippen molar-refractivity contribution in [1.82, 2.24) is 14.5 Å². The average molecular weight is 296 g/mol. The Balaban J connectivity index is 2.57. The van der Waals surface area contributed by atoms with Crippen LogP contribution in [0.15, 0.2) is 10.7 Å². The molecule has 2 rings (SSSR count). The molecule has 0 atom stereocenters. The Bertz CT molecular complexity index is 531. The zero-order chi connectivity index (χ0) is 12.4. The van der Waals surface area contributed by atoms with Gasteiger partial charge < -0.3 is 4.57 Å². The van der Waals surface area contributed by atoms with Crippen molar-refractivity contribution >= 4 is 27.1 Å². The molecule has 0 aliphatic heterocycles. The molecule has 0 saturated heterocycles. The normalized spacial score (nSPS) is 11.3. The van der Waals surface area contributed by atoms with E-state index < -0.39 is 0 Å². The first-order chi connectivity index (χ1) is 8.19. The first-order valence-corrected chi connectivity index (χ1v) is 6.98. The lowest BCUT2D eigenvalue weighted by molar-refractivity contribution is 0.671. The van der Waals surface area contributed by atoms with Crippen LogP contribution in [0, 0.1) is 6.92 Å². The lowest BCUT2D eigenvalue weighted by Crippen LogP contribution is -2.02. The van der Waals surface area contributed by atoms with Crippen LogP contribution >= 0.6 is 15.9 Å². The fourth-order valence-corrected chi connectivity index (χ4v) is 2.35. The molecular weight excluding hydrogens is 278 g/mol. The van der Waals surface area contributed by atoms with Gasteiger partial charge in [-0.05, 0) is 41.8 Å². The number of rotatable bonds is 4. The van der Waals surface area contributed by atoms with E-state index in [0.29, 0.717) is 0 Å². The Hall–Kier alpha value is -0.900. The molecule has 2 aromatic heterocycles. The van der Waals surface area contributed by atoms with Crippen molar-refractivity contribution in [1.29, 1.82) is 0 Å². The van der Waals surface area contributed by atoms with Gasteiger partial charge in [-0.3, -0.25) is 0 Å². The van der Waals surface area contributed by atoms with Gasteiger partial charge in [0.15, 0.2) is 5.65 Å². The second-order valence-corrected chi connectivity index (χ2v) is 5.13. The quantitative estimate of drug-likeness (QED) is 0.857.